The predicted molar refractivity (Wildman–Crippen MR) is 170 cm³/mol. The minimum atomic E-state index is -0.563. The monoisotopic (exact) mass is 612 g/mol. The second-order valence-corrected chi connectivity index (χ2v) is 11.6. The van der Waals surface area contributed by atoms with Gasteiger partial charge in [-0.1, -0.05) is 24.3 Å². The molecule has 0 aliphatic heterocycles. The van der Waals surface area contributed by atoms with Crippen molar-refractivity contribution in [2.24, 2.45) is 0 Å². The predicted octanol–water partition coefficient (Wildman–Crippen LogP) is 6.08. The average Bonchev–Trinajstić information content (AvgIpc) is 3.46. The van der Waals surface area contributed by atoms with Crippen LogP contribution in [0.15, 0.2) is 79.1 Å². The molecule has 2 aromatic carbocycles. The Morgan fingerprint density at radius 3 is 2.45 bits per heavy atom. The maximum absolute atomic E-state index is 15.2. The quantitative estimate of drug-likeness (QED) is 0.161. The number of carbonyl (C=O) groups is 2. The Labute approximate surface area is 259 Å². The van der Waals surface area contributed by atoms with Crippen LogP contribution in [0.5, 0.6) is 11.5 Å². The summed E-state index contributed by atoms with van der Waals surface area (Å²) in [6.45, 7) is 2.12. The lowest BCUT2D eigenvalue weighted by Gasteiger charge is -2.11. The number of methoxy groups -OCH3 is 1. The van der Waals surface area contributed by atoms with E-state index in [0.717, 1.165) is 38.5 Å². The van der Waals surface area contributed by atoms with E-state index >= 15 is 4.39 Å². The van der Waals surface area contributed by atoms with E-state index in [0.29, 0.717) is 30.0 Å². The van der Waals surface area contributed by atoms with Crippen molar-refractivity contribution in [2.75, 3.05) is 34.4 Å². The van der Waals surface area contributed by atoms with Crippen molar-refractivity contribution >= 4 is 33.2 Å². The molecule has 0 aliphatic rings. The molecule has 1 amide bonds. The Bertz CT molecular complexity index is 1770. The van der Waals surface area contributed by atoms with Gasteiger partial charge in [0.25, 0.3) is 5.91 Å². The third kappa shape index (κ3) is 7.71. The van der Waals surface area contributed by atoms with Gasteiger partial charge in [-0.25, -0.2) is 4.39 Å². The minimum Gasteiger partial charge on any atom is -0.453 e. The summed E-state index contributed by atoms with van der Waals surface area (Å²) in [7, 11) is 5.03. The van der Waals surface area contributed by atoms with E-state index in [9.17, 15) is 9.59 Å². The van der Waals surface area contributed by atoms with Crippen molar-refractivity contribution in [3.8, 4) is 22.1 Å². The Balaban J connectivity index is 1.25. The molecule has 0 aliphatic carbocycles. The molecule has 8 nitrogen and oxygen atoms in total. The van der Waals surface area contributed by atoms with Crippen LogP contribution in [0.4, 0.5) is 4.39 Å². The number of ether oxygens (including phenoxy) is 2. The summed E-state index contributed by atoms with van der Waals surface area (Å²) < 4.78 is 27.0. The Hall–Kier alpha value is -4.51. The summed E-state index contributed by atoms with van der Waals surface area (Å²) in [5.74, 6) is -0.233. The number of hydrogen-bond donors (Lipinski definition) is 1. The maximum atomic E-state index is 15.2. The van der Waals surface area contributed by atoms with Gasteiger partial charge in [0.1, 0.15) is 11.5 Å². The van der Waals surface area contributed by atoms with Crippen LogP contribution in [0.3, 0.4) is 0 Å². The number of fused-ring (bicyclic) bond motifs is 1. The topological polar surface area (TPSA) is 93.6 Å². The molecule has 1 N–H and O–H groups in total. The van der Waals surface area contributed by atoms with E-state index in [4.69, 9.17) is 9.47 Å². The number of ketones is 1. The molecule has 10 heteroatoms. The van der Waals surface area contributed by atoms with Gasteiger partial charge >= 0.3 is 0 Å². The fourth-order valence-corrected chi connectivity index (χ4v) is 5.69. The number of nitrogens with zero attached hydrogens (tertiary/aromatic N) is 3. The molecule has 44 heavy (non-hydrogen) atoms. The number of hydrogen-bond acceptors (Lipinski definition) is 8. The molecule has 0 atom stereocenters. The molecular weight excluding hydrogens is 579 g/mol. The number of rotatable bonds is 13. The Kier molecular flexibility index (Phi) is 10.1. The summed E-state index contributed by atoms with van der Waals surface area (Å²) in [4.78, 5) is 36.5. The van der Waals surface area contributed by atoms with Crippen LogP contribution in [-0.4, -0.2) is 60.9 Å². The normalized spacial score (nSPS) is 11.1. The van der Waals surface area contributed by atoms with Gasteiger partial charge in [-0.05, 0) is 53.1 Å². The summed E-state index contributed by atoms with van der Waals surface area (Å²) in [5, 5.41) is 3.30. The summed E-state index contributed by atoms with van der Waals surface area (Å²) >= 11 is 1.48. The van der Waals surface area contributed by atoms with Crippen LogP contribution in [0, 0.1) is 5.82 Å². The molecule has 3 heterocycles. The zero-order valence-corrected chi connectivity index (χ0v) is 25.6. The molecule has 226 valence electrons. The third-order valence-electron chi connectivity index (χ3n) is 6.86. The molecule has 0 saturated carbocycles. The number of amides is 1. The summed E-state index contributed by atoms with van der Waals surface area (Å²) in [5.41, 5.74) is 4.42. The zero-order chi connectivity index (χ0) is 31.1. The van der Waals surface area contributed by atoms with E-state index in [1.165, 1.54) is 28.4 Å². The highest BCUT2D eigenvalue weighted by Gasteiger charge is 2.15. The van der Waals surface area contributed by atoms with Crippen LogP contribution in [-0.2, 0) is 28.9 Å². The van der Waals surface area contributed by atoms with E-state index in [-0.39, 0.29) is 30.3 Å². The maximum Gasteiger partial charge on any atom is 0.253 e. The molecule has 0 saturated heterocycles. The molecule has 5 rings (SSSR count). The number of halogens is 1. The van der Waals surface area contributed by atoms with Crippen LogP contribution in [0.25, 0.3) is 20.8 Å². The second kappa shape index (κ2) is 14.3. The first kappa shape index (κ1) is 30.9. The van der Waals surface area contributed by atoms with Gasteiger partial charge < -0.3 is 19.7 Å². The standard InChI is InChI=1S/C34H33FN4O4S/c1-39(2)34(41)25-6-4-5-22(15-25)16-26(40)17-23-8-10-30(27(35)18-23)43-31-11-12-37-29-19-32(44-33(29)31)28-9-7-24(21-38-28)20-36-13-14-42-3/h4-12,15,18-19,21,36H,13-14,16-17,20H2,1-3H3. The number of nitrogens with one attached hydrogen (secondary N) is 1. The molecule has 0 spiro atoms. The molecular formula is C34H33FN4O4S. The fourth-order valence-electron chi connectivity index (χ4n) is 4.65. The number of thiophene rings is 1. The smallest absolute Gasteiger partial charge is 0.253 e. The van der Waals surface area contributed by atoms with Gasteiger partial charge in [0.05, 0.1) is 27.4 Å². The summed E-state index contributed by atoms with van der Waals surface area (Å²) in [6.07, 6.45) is 3.68. The van der Waals surface area contributed by atoms with Crippen LogP contribution in [0.2, 0.25) is 0 Å². The van der Waals surface area contributed by atoms with Crippen molar-refractivity contribution in [3.05, 3.63) is 107 Å². The summed E-state index contributed by atoms with van der Waals surface area (Å²) in [6, 6.07) is 19.2. The van der Waals surface area contributed by atoms with Crippen molar-refractivity contribution in [1.29, 1.82) is 0 Å². The van der Waals surface area contributed by atoms with Gasteiger partial charge in [0.2, 0.25) is 0 Å². The molecule has 0 fully saturated rings. The van der Waals surface area contributed by atoms with Crippen LogP contribution >= 0.6 is 11.3 Å². The molecule has 5 aromatic rings. The van der Waals surface area contributed by atoms with Gasteiger partial charge in [0.15, 0.2) is 11.6 Å². The van der Waals surface area contributed by atoms with Crippen LogP contribution < -0.4 is 10.1 Å². The fraction of sp³-hybridized carbons (Fsp3) is 0.235. The molecule has 3 aromatic heterocycles. The highest BCUT2D eigenvalue weighted by atomic mass is 32.1. The molecule has 0 bridgehead atoms. The number of pyridine rings is 2. The van der Waals surface area contributed by atoms with Crippen molar-refractivity contribution in [2.45, 2.75) is 19.4 Å². The van der Waals surface area contributed by atoms with Gasteiger partial charge in [-0.3, -0.25) is 19.6 Å². The van der Waals surface area contributed by atoms with Crippen molar-refractivity contribution in [3.63, 3.8) is 0 Å². The third-order valence-corrected chi connectivity index (χ3v) is 8.03. The number of benzene rings is 2. The first-order valence-electron chi connectivity index (χ1n) is 14.1. The Morgan fingerprint density at radius 1 is 0.932 bits per heavy atom. The van der Waals surface area contributed by atoms with E-state index < -0.39 is 5.82 Å². The van der Waals surface area contributed by atoms with Crippen molar-refractivity contribution < 1.29 is 23.5 Å². The molecule has 0 radical (unpaired) electrons. The second-order valence-electron chi connectivity index (χ2n) is 10.5. The van der Waals surface area contributed by atoms with E-state index in [2.05, 4.69) is 15.3 Å². The van der Waals surface area contributed by atoms with Gasteiger partial charge in [-0.2, -0.15) is 0 Å². The highest BCUT2D eigenvalue weighted by molar-refractivity contribution is 7.22. The van der Waals surface area contributed by atoms with Crippen molar-refractivity contribution in [1.82, 2.24) is 20.2 Å². The lowest BCUT2D eigenvalue weighted by molar-refractivity contribution is -0.117. The van der Waals surface area contributed by atoms with E-state index in [1.54, 1.807) is 57.7 Å². The minimum absolute atomic E-state index is 0.0574. The highest BCUT2D eigenvalue weighted by Crippen LogP contribution is 2.39. The first-order valence-corrected chi connectivity index (χ1v) is 14.9. The molecule has 0 unspecified atom stereocenters. The average molecular weight is 613 g/mol. The number of Topliss-reactive ketones (excluding diaryl/α,β-unsaturated/α-hetero) is 1. The number of carbonyl (C=O) groups excluding carboxylic acids is 2. The SMILES string of the molecule is COCCNCc1ccc(-c2cc3nccc(Oc4ccc(CC(=O)Cc5cccc(C(=O)N(C)C)c5)cc4F)c3s2)nc1. The number of aromatic nitrogens is 2. The lowest BCUT2D eigenvalue weighted by atomic mass is 10.0. The first-order chi connectivity index (χ1) is 21.3. The van der Waals surface area contributed by atoms with Gasteiger partial charge in [0, 0.05) is 71.2 Å². The largest absolute Gasteiger partial charge is 0.453 e. The van der Waals surface area contributed by atoms with E-state index in [1.807, 2.05) is 30.5 Å². The van der Waals surface area contributed by atoms with Gasteiger partial charge in [-0.15, -0.1) is 11.3 Å². The lowest BCUT2D eigenvalue weighted by Crippen LogP contribution is -2.21. The Morgan fingerprint density at radius 2 is 1.73 bits per heavy atom. The zero-order valence-electron chi connectivity index (χ0n) is 24.8. The van der Waals surface area contributed by atoms with Crippen LogP contribution in [0.1, 0.15) is 27.0 Å².